The predicted octanol–water partition coefficient (Wildman–Crippen LogP) is 1.22. The van der Waals surface area contributed by atoms with E-state index in [0.717, 1.165) is 0 Å². The molecule has 6 nitrogen and oxygen atoms in total. The van der Waals surface area contributed by atoms with Crippen LogP contribution < -0.4 is 10.9 Å². The van der Waals surface area contributed by atoms with Crippen LogP contribution in [0.25, 0.3) is 0 Å². The first-order chi connectivity index (χ1) is 10.1. The van der Waals surface area contributed by atoms with Gasteiger partial charge >= 0.3 is 5.97 Å². The zero-order chi connectivity index (χ0) is 15.7. The second kappa shape index (κ2) is 8.86. The van der Waals surface area contributed by atoms with Crippen LogP contribution in [0.2, 0.25) is 0 Å². The van der Waals surface area contributed by atoms with Crippen LogP contribution in [0.5, 0.6) is 0 Å². The summed E-state index contributed by atoms with van der Waals surface area (Å²) in [7, 11) is 0. The van der Waals surface area contributed by atoms with Crippen LogP contribution in [0.1, 0.15) is 37.0 Å². The number of nitrogens with one attached hydrogen (secondary N) is 2. The summed E-state index contributed by atoms with van der Waals surface area (Å²) < 4.78 is 4.88. The Labute approximate surface area is 123 Å². The van der Waals surface area contributed by atoms with Gasteiger partial charge in [0, 0.05) is 18.4 Å². The van der Waals surface area contributed by atoms with Crippen LogP contribution in [0.4, 0.5) is 0 Å². The van der Waals surface area contributed by atoms with Gasteiger partial charge in [-0.3, -0.25) is 19.8 Å². The number of ketones is 1. The van der Waals surface area contributed by atoms with Gasteiger partial charge in [0.15, 0.2) is 0 Å². The molecule has 0 aliphatic heterocycles. The van der Waals surface area contributed by atoms with Gasteiger partial charge in [-0.25, -0.2) is 5.43 Å². The van der Waals surface area contributed by atoms with Gasteiger partial charge < -0.3 is 4.74 Å². The van der Waals surface area contributed by atoms with Crippen molar-refractivity contribution in [1.29, 1.82) is 0 Å². The lowest BCUT2D eigenvalue weighted by Crippen LogP contribution is -2.49. The second-order valence-electron chi connectivity index (χ2n) is 4.37. The molecule has 0 aromatic heterocycles. The highest BCUT2D eigenvalue weighted by Gasteiger charge is 2.23. The van der Waals surface area contributed by atoms with Gasteiger partial charge in [-0.05, 0) is 19.1 Å². The third kappa shape index (κ3) is 5.74. The normalized spacial score (nSPS) is 11.5. The molecule has 0 aliphatic rings. The summed E-state index contributed by atoms with van der Waals surface area (Å²) in [6.45, 7) is 3.61. The Morgan fingerprint density at radius 2 is 1.81 bits per heavy atom. The Morgan fingerprint density at radius 3 is 2.38 bits per heavy atom. The van der Waals surface area contributed by atoms with Crippen LogP contribution in [0.15, 0.2) is 30.3 Å². The molecule has 0 unspecified atom stereocenters. The summed E-state index contributed by atoms with van der Waals surface area (Å²) in [6, 6.07) is 7.67. The molecule has 0 fully saturated rings. The van der Waals surface area contributed by atoms with Crippen LogP contribution in [-0.2, 0) is 14.3 Å². The first kappa shape index (κ1) is 16.8. The van der Waals surface area contributed by atoms with E-state index >= 15 is 0 Å². The topological polar surface area (TPSA) is 84.5 Å². The minimum absolute atomic E-state index is 0.0234. The zero-order valence-electron chi connectivity index (χ0n) is 12.2. The van der Waals surface area contributed by atoms with Gasteiger partial charge in [0.25, 0.3) is 5.91 Å². The first-order valence-electron chi connectivity index (χ1n) is 6.87. The fourth-order valence-electron chi connectivity index (χ4n) is 1.62. The van der Waals surface area contributed by atoms with Crippen molar-refractivity contribution in [3.63, 3.8) is 0 Å². The number of hydrogen-bond acceptors (Lipinski definition) is 5. The maximum Gasteiger partial charge on any atom is 0.325 e. The molecular weight excluding hydrogens is 272 g/mol. The first-order valence-corrected chi connectivity index (χ1v) is 6.87. The number of benzene rings is 1. The number of ether oxygens (including phenoxy) is 1. The van der Waals surface area contributed by atoms with E-state index in [4.69, 9.17) is 4.74 Å². The highest BCUT2D eigenvalue weighted by molar-refractivity contribution is 5.94. The van der Waals surface area contributed by atoms with Crippen molar-refractivity contribution in [1.82, 2.24) is 10.9 Å². The van der Waals surface area contributed by atoms with Gasteiger partial charge in [0.1, 0.15) is 11.8 Å². The van der Waals surface area contributed by atoms with Crippen molar-refractivity contribution in [2.24, 2.45) is 0 Å². The highest BCUT2D eigenvalue weighted by Crippen LogP contribution is 2.01. The fourth-order valence-corrected chi connectivity index (χ4v) is 1.62. The molecule has 21 heavy (non-hydrogen) atoms. The molecule has 1 aromatic carbocycles. The van der Waals surface area contributed by atoms with E-state index in [9.17, 15) is 14.4 Å². The van der Waals surface area contributed by atoms with Crippen molar-refractivity contribution in [3.05, 3.63) is 35.9 Å². The van der Waals surface area contributed by atoms with E-state index < -0.39 is 12.0 Å². The van der Waals surface area contributed by atoms with Gasteiger partial charge in [-0.1, -0.05) is 25.1 Å². The largest absolute Gasteiger partial charge is 0.465 e. The Balaban J connectivity index is 2.62. The molecule has 0 aliphatic carbocycles. The van der Waals surface area contributed by atoms with Crippen molar-refractivity contribution < 1.29 is 19.1 Å². The van der Waals surface area contributed by atoms with Crippen LogP contribution in [0, 0.1) is 0 Å². The minimum atomic E-state index is -0.884. The molecule has 0 spiro atoms. The van der Waals surface area contributed by atoms with Gasteiger partial charge in [0.05, 0.1) is 6.61 Å². The Hall–Kier alpha value is -2.21. The number of carbonyl (C=O) groups excluding carboxylic acids is 3. The molecule has 114 valence electrons. The summed E-state index contributed by atoms with van der Waals surface area (Å²) >= 11 is 0. The van der Waals surface area contributed by atoms with Crippen molar-refractivity contribution in [2.75, 3.05) is 6.61 Å². The predicted molar refractivity (Wildman–Crippen MR) is 77.4 cm³/mol. The molecule has 1 aromatic rings. The van der Waals surface area contributed by atoms with Crippen LogP contribution >= 0.6 is 0 Å². The number of rotatable bonds is 8. The van der Waals surface area contributed by atoms with E-state index in [2.05, 4.69) is 10.9 Å². The Morgan fingerprint density at radius 1 is 1.14 bits per heavy atom. The average Bonchev–Trinajstić information content (AvgIpc) is 2.51. The van der Waals surface area contributed by atoms with E-state index in [-0.39, 0.29) is 24.7 Å². The third-order valence-corrected chi connectivity index (χ3v) is 2.79. The molecular formula is C15H20N2O4. The van der Waals surface area contributed by atoms with Crippen molar-refractivity contribution in [3.8, 4) is 0 Å². The monoisotopic (exact) mass is 292 g/mol. The molecule has 0 radical (unpaired) electrons. The molecule has 6 heteroatoms. The standard InChI is InChI=1S/C15H20N2O4/c1-3-12(18)10-13(15(20)21-4-2)16-17-14(19)11-8-6-5-7-9-11/h5-9,13,16H,3-4,10H2,1-2H3,(H,17,19)/t13-/m1/s1. The van der Waals surface area contributed by atoms with E-state index in [1.165, 1.54) is 0 Å². The number of esters is 1. The molecule has 0 saturated heterocycles. The lowest BCUT2D eigenvalue weighted by atomic mass is 10.1. The fraction of sp³-hybridized carbons (Fsp3) is 0.400. The van der Waals surface area contributed by atoms with E-state index in [0.29, 0.717) is 12.0 Å². The Kier molecular flexibility index (Phi) is 7.11. The SMILES string of the molecule is CCOC(=O)[C@@H](CC(=O)CC)NNC(=O)c1ccccc1. The number of carbonyl (C=O) groups is 3. The summed E-state index contributed by atoms with van der Waals surface area (Å²) in [5, 5.41) is 0. The smallest absolute Gasteiger partial charge is 0.325 e. The van der Waals surface area contributed by atoms with Gasteiger partial charge in [-0.15, -0.1) is 0 Å². The summed E-state index contributed by atoms with van der Waals surface area (Å²) in [5.41, 5.74) is 5.45. The molecule has 1 amide bonds. The maximum atomic E-state index is 11.9. The Bertz CT molecular complexity index is 488. The zero-order valence-corrected chi connectivity index (χ0v) is 12.2. The summed E-state index contributed by atoms with van der Waals surface area (Å²) in [4.78, 5) is 35.1. The maximum absolute atomic E-state index is 11.9. The number of amides is 1. The van der Waals surface area contributed by atoms with Crippen molar-refractivity contribution in [2.45, 2.75) is 32.7 Å². The van der Waals surface area contributed by atoms with E-state index in [1.54, 1.807) is 44.2 Å². The third-order valence-electron chi connectivity index (χ3n) is 2.79. The second-order valence-corrected chi connectivity index (χ2v) is 4.37. The highest BCUT2D eigenvalue weighted by atomic mass is 16.5. The number of hydrazine groups is 1. The van der Waals surface area contributed by atoms with Crippen LogP contribution in [0.3, 0.4) is 0 Å². The summed E-state index contributed by atoms with van der Waals surface area (Å²) in [5.74, 6) is -1.03. The lowest BCUT2D eigenvalue weighted by molar-refractivity contribution is -0.147. The van der Waals surface area contributed by atoms with Gasteiger partial charge in [0.2, 0.25) is 0 Å². The number of hydrogen-bond donors (Lipinski definition) is 2. The van der Waals surface area contributed by atoms with E-state index in [1.807, 2.05) is 0 Å². The molecule has 0 heterocycles. The summed E-state index contributed by atoms with van der Waals surface area (Å²) in [6.07, 6.45) is 0.300. The lowest BCUT2D eigenvalue weighted by Gasteiger charge is -2.17. The number of Topliss-reactive ketones (excluding diaryl/α,β-unsaturated/α-hetero) is 1. The minimum Gasteiger partial charge on any atom is -0.465 e. The molecule has 2 N–H and O–H groups in total. The molecule has 0 saturated carbocycles. The van der Waals surface area contributed by atoms with Gasteiger partial charge in [-0.2, -0.15) is 0 Å². The van der Waals surface area contributed by atoms with Crippen LogP contribution in [-0.4, -0.2) is 30.3 Å². The molecule has 1 atom stereocenters. The average molecular weight is 292 g/mol. The molecule has 1 rings (SSSR count). The molecule has 0 bridgehead atoms. The quantitative estimate of drug-likeness (QED) is 0.556. The van der Waals surface area contributed by atoms with Crippen molar-refractivity contribution >= 4 is 17.7 Å².